The third-order valence-electron chi connectivity index (χ3n) is 5.01. The van der Waals surface area contributed by atoms with Crippen molar-refractivity contribution in [2.45, 2.75) is 26.8 Å². The number of anilines is 1. The van der Waals surface area contributed by atoms with Crippen LogP contribution in [0.4, 0.5) is 5.95 Å². The van der Waals surface area contributed by atoms with Gasteiger partial charge in [0.25, 0.3) is 0 Å². The predicted octanol–water partition coefficient (Wildman–Crippen LogP) is 4.59. The first-order valence-electron chi connectivity index (χ1n) is 9.61. The summed E-state index contributed by atoms with van der Waals surface area (Å²) in [6.45, 7) is 5.41. The summed E-state index contributed by atoms with van der Waals surface area (Å²) in [7, 11) is 1.76. The largest absolute Gasteiger partial charge is 0.329 e. The van der Waals surface area contributed by atoms with E-state index in [9.17, 15) is 9.59 Å². The Bertz CT molecular complexity index is 1310. The van der Waals surface area contributed by atoms with Gasteiger partial charge in [0.05, 0.1) is 22.4 Å². The van der Waals surface area contributed by atoms with Crippen LogP contribution in [-0.2, 0) is 11.8 Å². The first-order valence-corrected chi connectivity index (χ1v) is 9.99. The molecule has 4 aromatic rings. The Morgan fingerprint density at radius 3 is 2.40 bits per heavy atom. The molecule has 0 spiro atoms. The Balaban J connectivity index is 1.92. The number of rotatable bonds is 4. The van der Waals surface area contributed by atoms with E-state index in [0.29, 0.717) is 16.7 Å². The van der Waals surface area contributed by atoms with Gasteiger partial charge in [0.1, 0.15) is 0 Å². The van der Waals surface area contributed by atoms with Crippen molar-refractivity contribution >= 4 is 34.5 Å². The number of nitrogens with zero attached hydrogens (tertiary/aromatic N) is 3. The molecule has 2 heterocycles. The fraction of sp³-hybridized carbons (Fsp3) is 0.227. The number of imidazole rings is 2. The van der Waals surface area contributed by atoms with Crippen LogP contribution in [-0.4, -0.2) is 25.0 Å². The van der Waals surface area contributed by atoms with Gasteiger partial charge >= 0.3 is 5.69 Å². The molecule has 0 bridgehead atoms. The number of H-pyrrole nitrogens is 1. The molecule has 0 fully saturated rings. The van der Waals surface area contributed by atoms with Crippen LogP contribution in [0.25, 0.3) is 33.5 Å². The summed E-state index contributed by atoms with van der Waals surface area (Å²) in [5.41, 5.74) is 4.76. The molecule has 0 unspecified atom stereocenters. The minimum absolute atomic E-state index is 0.0495. The fourth-order valence-corrected chi connectivity index (χ4v) is 3.77. The summed E-state index contributed by atoms with van der Waals surface area (Å²) < 4.78 is 3.41. The zero-order chi connectivity index (χ0) is 21.6. The number of halogens is 1. The molecule has 0 aliphatic carbocycles. The molecule has 4 rings (SSSR count). The van der Waals surface area contributed by atoms with Crippen LogP contribution in [0.5, 0.6) is 0 Å². The van der Waals surface area contributed by atoms with Crippen LogP contribution >= 0.6 is 11.6 Å². The Kier molecular flexibility index (Phi) is 4.99. The Morgan fingerprint density at radius 1 is 1.10 bits per heavy atom. The molecule has 2 aromatic carbocycles. The summed E-state index contributed by atoms with van der Waals surface area (Å²) >= 11 is 6.04. The van der Waals surface area contributed by atoms with E-state index in [1.165, 1.54) is 6.92 Å². The van der Waals surface area contributed by atoms with Crippen LogP contribution in [0.1, 0.15) is 26.8 Å². The summed E-state index contributed by atoms with van der Waals surface area (Å²) in [4.78, 5) is 32.0. The molecular weight excluding hydrogens is 402 g/mol. The van der Waals surface area contributed by atoms with Gasteiger partial charge in [0.2, 0.25) is 11.9 Å². The molecule has 0 aliphatic heterocycles. The first kappa shape index (κ1) is 20.0. The molecule has 0 saturated carbocycles. The highest BCUT2D eigenvalue weighted by molar-refractivity contribution is 6.30. The number of benzene rings is 2. The second-order valence-electron chi connectivity index (χ2n) is 7.51. The Morgan fingerprint density at radius 2 is 1.77 bits per heavy atom. The van der Waals surface area contributed by atoms with Crippen molar-refractivity contribution in [3.05, 3.63) is 58.0 Å². The molecule has 1 amide bonds. The van der Waals surface area contributed by atoms with Gasteiger partial charge in [-0.05, 0) is 38.1 Å². The van der Waals surface area contributed by atoms with Crippen molar-refractivity contribution in [3.8, 4) is 22.5 Å². The van der Waals surface area contributed by atoms with Gasteiger partial charge in [-0.2, -0.15) is 0 Å². The third-order valence-corrected chi connectivity index (χ3v) is 5.26. The number of hydrogen-bond acceptors (Lipinski definition) is 3. The molecule has 2 N–H and O–H groups in total. The van der Waals surface area contributed by atoms with Gasteiger partial charge in [-0.25, -0.2) is 9.78 Å². The summed E-state index contributed by atoms with van der Waals surface area (Å²) in [5, 5.41) is 3.33. The number of amides is 1. The summed E-state index contributed by atoms with van der Waals surface area (Å²) in [6.07, 6.45) is 0. The molecule has 7 nitrogen and oxygen atoms in total. The highest BCUT2D eigenvalue weighted by atomic mass is 35.5. The predicted molar refractivity (Wildman–Crippen MR) is 120 cm³/mol. The molecular formula is C22H22ClN5O2. The second-order valence-corrected chi connectivity index (χ2v) is 7.94. The topological polar surface area (TPSA) is 84.7 Å². The number of carbonyl (C=O) groups excluding carboxylic acids is 1. The van der Waals surface area contributed by atoms with Gasteiger partial charge in [0.15, 0.2) is 0 Å². The average Bonchev–Trinajstić information content (AvgIpc) is 3.21. The van der Waals surface area contributed by atoms with E-state index in [0.717, 1.165) is 27.9 Å². The molecule has 0 aliphatic rings. The number of aromatic nitrogens is 4. The molecule has 0 radical (unpaired) electrons. The summed E-state index contributed by atoms with van der Waals surface area (Å²) in [6, 6.07) is 13.3. The lowest BCUT2D eigenvalue weighted by molar-refractivity contribution is -0.114. The lowest BCUT2D eigenvalue weighted by atomic mass is 10.0. The van der Waals surface area contributed by atoms with Gasteiger partial charge in [0, 0.05) is 36.2 Å². The fourth-order valence-electron chi connectivity index (χ4n) is 3.64. The third kappa shape index (κ3) is 3.41. The van der Waals surface area contributed by atoms with Crippen molar-refractivity contribution in [1.82, 2.24) is 19.1 Å². The maximum atomic E-state index is 12.7. The number of fused-ring (bicyclic) bond motifs is 1. The lowest BCUT2D eigenvalue weighted by Gasteiger charge is -2.07. The zero-order valence-electron chi connectivity index (χ0n) is 17.2. The Labute approximate surface area is 178 Å². The van der Waals surface area contributed by atoms with E-state index in [-0.39, 0.29) is 17.6 Å². The first-order chi connectivity index (χ1) is 14.3. The quantitative estimate of drug-likeness (QED) is 0.503. The van der Waals surface area contributed by atoms with E-state index in [2.05, 4.69) is 15.3 Å². The van der Waals surface area contributed by atoms with Crippen molar-refractivity contribution < 1.29 is 4.79 Å². The van der Waals surface area contributed by atoms with E-state index in [1.54, 1.807) is 28.3 Å². The standard InChI is InChI=1S/C22H22ClN5O2/c1-12(2)28-17-10-7-15(11-18(17)27(4)22(28)30)20-19(14-5-8-16(23)9-6-14)25-21(26-20)24-13(3)29/h5-12H,1-4H3,(H2,24,25,26,29). The number of aromatic amines is 1. The molecule has 0 saturated heterocycles. The SMILES string of the molecule is CC(=O)Nc1nc(-c2ccc3c(c2)n(C)c(=O)n3C(C)C)c(-c2ccc(Cl)cc2)[nH]1. The van der Waals surface area contributed by atoms with E-state index >= 15 is 0 Å². The van der Waals surface area contributed by atoms with Crippen molar-refractivity contribution in [2.75, 3.05) is 5.32 Å². The highest BCUT2D eigenvalue weighted by Crippen LogP contribution is 2.33. The van der Waals surface area contributed by atoms with E-state index in [1.807, 2.05) is 44.2 Å². The number of aryl methyl sites for hydroxylation is 1. The number of nitrogens with one attached hydrogen (secondary N) is 2. The lowest BCUT2D eigenvalue weighted by Crippen LogP contribution is -2.23. The zero-order valence-corrected chi connectivity index (χ0v) is 17.9. The van der Waals surface area contributed by atoms with E-state index < -0.39 is 0 Å². The van der Waals surface area contributed by atoms with Crippen LogP contribution in [0.2, 0.25) is 5.02 Å². The van der Waals surface area contributed by atoms with Crippen LogP contribution < -0.4 is 11.0 Å². The second kappa shape index (κ2) is 7.50. The minimum atomic E-state index is -0.218. The monoisotopic (exact) mass is 423 g/mol. The average molecular weight is 424 g/mol. The van der Waals surface area contributed by atoms with Crippen molar-refractivity contribution in [2.24, 2.45) is 7.05 Å². The molecule has 30 heavy (non-hydrogen) atoms. The van der Waals surface area contributed by atoms with Gasteiger partial charge < -0.3 is 4.98 Å². The van der Waals surface area contributed by atoms with Crippen LogP contribution in [0.15, 0.2) is 47.3 Å². The molecule has 2 aromatic heterocycles. The normalized spacial score (nSPS) is 11.4. The number of hydrogen-bond donors (Lipinski definition) is 2. The van der Waals surface area contributed by atoms with Crippen molar-refractivity contribution in [3.63, 3.8) is 0 Å². The van der Waals surface area contributed by atoms with Gasteiger partial charge in [-0.1, -0.05) is 29.8 Å². The smallest absolute Gasteiger partial charge is 0.323 e. The van der Waals surface area contributed by atoms with Crippen molar-refractivity contribution in [1.29, 1.82) is 0 Å². The van der Waals surface area contributed by atoms with Gasteiger partial charge in [-0.15, -0.1) is 0 Å². The molecule has 154 valence electrons. The van der Waals surface area contributed by atoms with E-state index in [4.69, 9.17) is 11.6 Å². The number of carbonyl (C=O) groups is 1. The highest BCUT2D eigenvalue weighted by Gasteiger charge is 2.18. The Hall–Kier alpha value is -3.32. The maximum absolute atomic E-state index is 12.7. The molecule has 8 heteroatoms. The van der Waals surface area contributed by atoms with Crippen LogP contribution in [0.3, 0.4) is 0 Å². The summed E-state index contributed by atoms with van der Waals surface area (Å²) in [5.74, 6) is 0.140. The van der Waals surface area contributed by atoms with Crippen LogP contribution in [0, 0.1) is 0 Å². The minimum Gasteiger partial charge on any atom is -0.323 e. The van der Waals surface area contributed by atoms with Gasteiger partial charge in [-0.3, -0.25) is 19.2 Å². The maximum Gasteiger partial charge on any atom is 0.329 e. The molecule has 0 atom stereocenters.